The van der Waals surface area contributed by atoms with E-state index in [-0.39, 0.29) is 49.3 Å². The van der Waals surface area contributed by atoms with Gasteiger partial charge in [-0.15, -0.1) is 0 Å². The van der Waals surface area contributed by atoms with Gasteiger partial charge in [-0.05, 0) is 26.2 Å². The third kappa shape index (κ3) is 13.9. The molecule has 0 aromatic rings. The van der Waals surface area contributed by atoms with Crippen LogP contribution in [0.3, 0.4) is 0 Å². The van der Waals surface area contributed by atoms with Crippen molar-refractivity contribution in [2.75, 3.05) is 68.3 Å². The number of phosphoric ester groups is 1. The average Bonchev–Trinajstić information content (AvgIpc) is 2.87. The molecule has 0 spiro atoms. The fourth-order valence-corrected chi connectivity index (χ4v) is 4.66. The van der Waals surface area contributed by atoms with Gasteiger partial charge in [0.05, 0.1) is 48.6 Å². The number of hydrogen-bond acceptors (Lipinski definition) is 9. The molecule has 12 nitrogen and oxygen atoms in total. The van der Waals surface area contributed by atoms with Gasteiger partial charge in [0.15, 0.2) is 0 Å². The van der Waals surface area contributed by atoms with Gasteiger partial charge in [0.1, 0.15) is 13.2 Å². The SMILES string of the molecule is COC1=C(OC)C(=O)C(CCCCCCCCCNC(=O)OCCCOP(=O)(O)OCC[N+](C)(C)C)=C(C)C1=O. The topological polar surface area (TPSA) is 147 Å². The number of carbonyl (C=O) groups is 3. The lowest BCUT2D eigenvalue weighted by Crippen LogP contribution is -2.37. The van der Waals surface area contributed by atoms with Crippen molar-refractivity contribution >= 4 is 25.5 Å². The highest BCUT2D eigenvalue weighted by atomic mass is 31.2. The van der Waals surface area contributed by atoms with E-state index in [9.17, 15) is 23.8 Å². The highest BCUT2D eigenvalue weighted by molar-refractivity contribution is 7.47. The van der Waals surface area contributed by atoms with Crippen molar-refractivity contribution in [2.45, 2.75) is 64.7 Å². The van der Waals surface area contributed by atoms with E-state index in [1.165, 1.54) is 14.2 Å². The van der Waals surface area contributed by atoms with Crippen molar-refractivity contribution < 1.29 is 51.6 Å². The highest BCUT2D eigenvalue weighted by Gasteiger charge is 2.34. The van der Waals surface area contributed by atoms with Crippen LogP contribution in [-0.4, -0.2) is 95.3 Å². The first-order valence-corrected chi connectivity index (χ1v) is 15.3. The normalized spacial score (nSPS) is 15.8. The summed E-state index contributed by atoms with van der Waals surface area (Å²) in [5.74, 6) is -0.632. The summed E-state index contributed by atoms with van der Waals surface area (Å²) in [6.45, 7) is 2.83. The molecule has 1 rings (SSSR count). The smallest absolute Gasteiger partial charge is 0.472 e. The van der Waals surface area contributed by atoms with Gasteiger partial charge in [-0.3, -0.25) is 18.6 Å². The first-order valence-electron chi connectivity index (χ1n) is 13.8. The molecule has 0 saturated carbocycles. The Morgan fingerprint density at radius 2 is 1.38 bits per heavy atom. The number of likely N-dealkylation sites (N-methyl/N-ethyl adjacent to an activating group) is 1. The molecule has 13 heteroatoms. The maximum atomic E-state index is 12.6. The summed E-state index contributed by atoms with van der Waals surface area (Å²) in [7, 11) is 4.44. The third-order valence-corrected chi connectivity index (χ3v) is 7.28. The summed E-state index contributed by atoms with van der Waals surface area (Å²) in [6.07, 6.45) is 6.91. The molecule has 1 aliphatic carbocycles. The van der Waals surface area contributed by atoms with Crippen LogP contribution >= 0.6 is 7.82 Å². The number of methoxy groups -OCH3 is 2. The second-order valence-corrected chi connectivity index (χ2v) is 12.1. The van der Waals surface area contributed by atoms with Crippen LogP contribution in [0, 0.1) is 0 Å². The Morgan fingerprint density at radius 3 is 1.98 bits per heavy atom. The number of unbranched alkanes of at least 4 members (excludes halogenated alkanes) is 6. The molecule has 1 amide bonds. The number of ketones is 2. The summed E-state index contributed by atoms with van der Waals surface area (Å²) >= 11 is 0. The summed E-state index contributed by atoms with van der Waals surface area (Å²) in [6, 6.07) is 0. The molecule has 0 saturated heterocycles. The van der Waals surface area contributed by atoms with Crippen molar-refractivity contribution in [3.63, 3.8) is 0 Å². The zero-order chi connectivity index (χ0) is 30.2. The van der Waals surface area contributed by atoms with Crippen LogP contribution in [0.25, 0.3) is 0 Å². The van der Waals surface area contributed by atoms with E-state index in [0.29, 0.717) is 35.1 Å². The number of rotatable bonds is 21. The zero-order valence-corrected chi connectivity index (χ0v) is 25.8. The highest BCUT2D eigenvalue weighted by Crippen LogP contribution is 2.43. The number of amides is 1. The van der Waals surface area contributed by atoms with E-state index in [1.54, 1.807) is 6.92 Å². The van der Waals surface area contributed by atoms with Crippen molar-refractivity contribution in [3.8, 4) is 0 Å². The van der Waals surface area contributed by atoms with Crippen LogP contribution in [0.15, 0.2) is 22.7 Å². The molecular formula is C27H48N2O10P+. The van der Waals surface area contributed by atoms with Crippen LogP contribution in [-0.2, 0) is 37.4 Å². The van der Waals surface area contributed by atoms with Gasteiger partial charge in [-0.2, -0.15) is 0 Å². The minimum absolute atomic E-state index is 0.0232. The Hall–Kier alpha value is -2.24. The van der Waals surface area contributed by atoms with Crippen molar-refractivity contribution in [1.82, 2.24) is 5.32 Å². The van der Waals surface area contributed by atoms with Gasteiger partial charge < -0.3 is 28.9 Å². The molecule has 230 valence electrons. The molecule has 40 heavy (non-hydrogen) atoms. The summed E-state index contributed by atoms with van der Waals surface area (Å²) in [5.41, 5.74) is 0.927. The predicted molar refractivity (Wildman–Crippen MR) is 149 cm³/mol. The van der Waals surface area contributed by atoms with Crippen LogP contribution in [0.2, 0.25) is 0 Å². The molecule has 0 radical (unpaired) electrons. The number of Topliss-reactive ketones (excluding diaryl/α,β-unsaturated/α-hetero) is 2. The van der Waals surface area contributed by atoms with Gasteiger partial charge in [0, 0.05) is 24.1 Å². The molecule has 0 heterocycles. The maximum absolute atomic E-state index is 12.6. The second-order valence-electron chi connectivity index (χ2n) is 10.6. The second kappa shape index (κ2) is 18.2. The standard InChI is InChI=1S/C27H47N2O10P/c1-21-22(24(31)26(36-6)25(35-5)23(21)30)15-12-10-8-7-9-11-13-16-28-27(32)37-18-14-19-38-40(33,34)39-20-17-29(2,3)4/h7-20H2,1-6H3,(H-,28,32,33,34)/p+1. The molecule has 1 unspecified atom stereocenters. The number of hydrogen-bond donors (Lipinski definition) is 2. The van der Waals surface area contributed by atoms with E-state index >= 15 is 0 Å². The van der Waals surface area contributed by atoms with Gasteiger partial charge in [-0.25, -0.2) is 9.36 Å². The minimum atomic E-state index is -4.11. The zero-order valence-electron chi connectivity index (χ0n) is 24.9. The Morgan fingerprint density at radius 1 is 0.825 bits per heavy atom. The van der Waals surface area contributed by atoms with E-state index in [0.717, 1.165) is 44.9 Å². The molecule has 0 aliphatic heterocycles. The number of carbonyl (C=O) groups excluding carboxylic acids is 3. The molecule has 1 atom stereocenters. The Balaban J connectivity index is 2.05. The lowest BCUT2D eigenvalue weighted by atomic mass is 9.89. The van der Waals surface area contributed by atoms with Gasteiger partial charge in [-0.1, -0.05) is 32.1 Å². The number of alkyl carbamates (subject to hydrolysis) is 1. The van der Waals surface area contributed by atoms with Crippen LogP contribution < -0.4 is 5.32 Å². The number of quaternary nitrogens is 1. The van der Waals surface area contributed by atoms with Gasteiger partial charge in [0.2, 0.25) is 23.1 Å². The van der Waals surface area contributed by atoms with Crippen LogP contribution in [0.5, 0.6) is 0 Å². The molecular weight excluding hydrogens is 543 g/mol. The fourth-order valence-electron chi connectivity index (χ4n) is 3.92. The van der Waals surface area contributed by atoms with Crippen molar-refractivity contribution in [3.05, 3.63) is 22.7 Å². The maximum Gasteiger partial charge on any atom is 0.472 e. The first-order chi connectivity index (χ1) is 18.8. The molecule has 0 aromatic heterocycles. The number of nitrogens with one attached hydrogen (secondary N) is 1. The quantitative estimate of drug-likeness (QED) is 0.0868. The molecule has 0 bridgehead atoms. The van der Waals surface area contributed by atoms with Crippen molar-refractivity contribution in [2.24, 2.45) is 0 Å². The van der Waals surface area contributed by atoms with E-state index in [4.69, 9.17) is 23.3 Å². The number of nitrogens with zero attached hydrogens (tertiary/aromatic N) is 1. The average molecular weight is 592 g/mol. The largest absolute Gasteiger partial charge is 0.489 e. The summed E-state index contributed by atoms with van der Waals surface area (Å²) in [4.78, 5) is 46.4. The Kier molecular flexibility index (Phi) is 16.3. The molecule has 0 aromatic carbocycles. The van der Waals surface area contributed by atoms with Crippen molar-refractivity contribution in [1.29, 1.82) is 0 Å². The van der Waals surface area contributed by atoms with Crippen LogP contribution in [0.4, 0.5) is 4.79 Å². The molecule has 0 fully saturated rings. The number of phosphoric acid groups is 1. The van der Waals surface area contributed by atoms with E-state index < -0.39 is 13.9 Å². The monoisotopic (exact) mass is 591 g/mol. The predicted octanol–water partition coefficient (Wildman–Crippen LogP) is 4.04. The van der Waals surface area contributed by atoms with Gasteiger partial charge in [0.25, 0.3) is 0 Å². The summed E-state index contributed by atoms with van der Waals surface area (Å²) in [5, 5.41) is 2.69. The van der Waals surface area contributed by atoms with E-state index in [2.05, 4.69) is 5.32 Å². The minimum Gasteiger partial charge on any atom is -0.489 e. The lowest BCUT2D eigenvalue weighted by molar-refractivity contribution is -0.870. The number of ether oxygens (including phenoxy) is 3. The lowest BCUT2D eigenvalue weighted by Gasteiger charge is -2.24. The summed E-state index contributed by atoms with van der Waals surface area (Å²) < 4.78 is 37.4. The number of allylic oxidation sites excluding steroid dienone is 2. The molecule has 2 N–H and O–H groups in total. The molecule has 1 aliphatic rings. The Bertz CT molecular complexity index is 955. The van der Waals surface area contributed by atoms with Crippen LogP contribution in [0.1, 0.15) is 64.7 Å². The Labute approximate surface area is 238 Å². The fraction of sp³-hybridized carbons (Fsp3) is 0.741. The van der Waals surface area contributed by atoms with Gasteiger partial charge >= 0.3 is 13.9 Å². The third-order valence-electron chi connectivity index (χ3n) is 6.26. The first kappa shape index (κ1) is 35.8. The van der Waals surface area contributed by atoms with E-state index in [1.807, 2.05) is 21.1 Å².